The molecule has 2 aromatic carbocycles. The van der Waals surface area contributed by atoms with Gasteiger partial charge in [-0.2, -0.15) is 0 Å². The topological polar surface area (TPSA) is 48.7 Å². The molecule has 4 rings (SSSR count). The first-order chi connectivity index (χ1) is 10.7. The quantitative estimate of drug-likeness (QED) is 0.657. The molecule has 1 aromatic heterocycles. The van der Waals surface area contributed by atoms with Gasteiger partial charge >= 0.3 is 0 Å². The maximum Gasteiger partial charge on any atom is 0.200 e. The molecule has 2 heterocycles. The normalized spacial score (nSPS) is 13.7. The van der Waals surface area contributed by atoms with Gasteiger partial charge in [0.15, 0.2) is 6.79 Å². The maximum atomic E-state index is 12.8. The molecule has 0 amide bonds. The number of rotatable bonds is 1. The summed E-state index contributed by atoms with van der Waals surface area (Å²) < 4.78 is 17.4. The fourth-order valence-corrected chi connectivity index (χ4v) is 3.15. The molecule has 0 spiro atoms. The summed E-state index contributed by atoms with van der Waals surface area (Å²) in [6, 6.07) is 11.0. The van der Waals surface area contributed by atoms with Crippen molar-refractivity contribution in [3.63, 3.8) is 0 Å². The Morgan fingerprint density at radius 2 is 1.95 bits per heavy atom. The van der Waals surface area contributed by atoms with Crippen LogP contribution in [0.5, 0.6) is 5.75 Å². The highest BCUT2D eigenvalue weighted by molar-refractivity contribution is 9.10. The van der Waals surface area contributed by atoms with Gasteiger partial charge in [0.05, 0.1) is 17.6 Å². The first-order valence-corrected chi connectivity index (χ1v) is 7.57. The molecule has 110 valence electrons. The van der Waals surface area contributed by atoms with Crippen molar-refractivity contribution in [1.82, 2.24) is 0 Å². The highest BCUT2D eigenvalue weighted by atomic mass is 79.9. The number of hydrogen-bond donors (Lipinski definition) is 0. The van der Waals surface area contributed by atoms with Crippen LogP contribution in [0.25, 0.3) is 22.1 Å². The zero-order valence-corrected chi connectivity index (χ0v) is 13.1. The van der Waals surface area contributed by atoms with E-state index in [0.29, 0.717) is 34.5 Å². The lowest BCUT2D eigenvalue weighted by atomic mass is 10.0. The monoisotopic (exact) mass is 358 g/mol. The van der Waals surface area contributed by atoms with E-state index in [1.807, 2.05) is 24.3 Å². The van der Waals surface area contributed by atoms with Crippen LogP contribution in [-0.2, 0) is 11.3 Å². The summed E-state index contributed by atoms with van der Waals surface area (Å²) in [5, 5.41) is 0.556. The molecule has 0 saturated carbocycles. The van der Waals surface area contributed by atoms with E-state index < -0.39 is 0 Å². The lowest BCUT2D eigenvalue weighted by Gasteiger charge is -2.21. The molecule has 22 heavy (non-hydrogen) atoms. The van der Waals surface area contributed by atoms with E-state index >= 15 is 0 Å². The predicted octanol–water partition coefficient (Wildman–Crippen LogP) is 4.09. The highest BCUT2D eigenvalue weighted by Gasteiger charge is 2.20. The number of hydrogen-bond acceptors (Lipinski definition) is 4. The van der Waals surface area contributed by atoms with Gasteiger partial charge in [-0.25, -0.2) is 0 Å². The van der Waals surface area contributed by atoms with Crippen molar-refractivity contribution in [3.05, 3.63) is 62.9 Å². The van der Waals surface area contributed by atoms with E-state index in [1.54, 1.807) is 12.1 Å². The largest absolute Gasteiger partial charge is 0.467 e. The van der Waals surface area contributed by atoms with Crippen LogP contribution in [-0.4, -0.2) is 6.79 Å². The van der Waals surface area contributed by atoms with E-state index in [1.165, 1.54) is 6.26 Å². The van der Waals surface area contributed by atoms with Crippen molar-refractivity contribution in [3.8, 4) is 16.9 Å². The van der Waals surface area contributed by atoms with Crippen molar-refractivity contribution in [2.45, 2.75) is 6.61 Å². The summed E-state index contributed by atoms with van der Waals surface area (Å²) in [5.74, 6) is 0.678. The van der Waals surface area contributed by atoms with Gasteiger partial charge in [0, 0.05) is 15.6 Å². The third-order valence-corrected chi connectivity index (χ3v) is 4.10. The summed E-state index contributed by atoms with van der Waals surface area (Å²) in [7, 11) is 0. The van der Waals surface area contributed by atoms with E-state index in [0.717, 1.165) is 10.0 Å². The summed E-state index contributed by atoms with van der Waals surface area (Å²) in [6.07, 6.45) is 1.49. The molecule has 5 heteroatoms. The minimum absolute atomic E-state index is 0.0720. The second-order valence-electron chi connectivity index (χ2n) is 5.03. The third-order valence-electron chi connectivity index (χ3n) is 3.65. The standard InChI is InChI=1S/C17H11BrO4/c18-11-5-10-7-20-9-22-17(10)13(6-11)14-8-21-15-4-2-1-3-12(15)16(14)19/h1-6,8H,7,9H2. The minimum Gasteiger partial charge on any atom is -0.467 e. The Bertz CT molecular complexity index is 930. The third kappa shape index (κ3) is 2.14. The molecule has 1 aliphatic rings. The number of fused-ring (bicyclic) bond motifs is 2. The fraction of sp³-hybridized carbons (Fsp3) is 0.118. The molecule has 1 aliphatic heterocycles. The van der Waals surface area contributed by atoms with Gasteiger partial charge in [0.2, 0.25) is 5.43 Å². The molecule has 0 bridgehead atoms. The smallest absolute Gasteiger partial charge is 0.200 e. The van der Waals surface area contributed by atoms with Gasteiger partial charge in [-0.1, -0.05) is 28.1 Å². The van der Waals surface area contributed by atoms with Crippen LogP contribution in [0.15, 0.2) is 56.3 Å². The molecular formula is C17H11BrO4. The summed E-state index contributed by atoms with van der Waals surface area (Å²) in [4.78, 5) is 12.8. The molecule has 0 atom stereocenters. The van der Waals surface area contributed by atoms with Crippen LogP contribution < -0.4 is 10.2 Å². The lowest BCUT2D eigenvalue weighted by Crippen LogP contribution is -2.14. The van der Waals surface area contributed by atoms with Gasteiger partial charge in [-0.3, -0.25) is 4.79 Å². The number of para-hydroxylation sites is 1. The van der Waals surface area contributed by atoms with E-state index in [4.69, 9.17) is 13.9 Å². The van der Waals surface area contributed by atoms with Crippen molar-refractivity contribution in [1.29, 1.82) is 0 Å². The Kier molecular flexibility index (Phi) is 3.24. The average Bonchev–Trinajstić information content (AvgIpc) is 2.55. The first-order valence-electron chi connectivity index (χ1n) is 6.78. The Hall–Kier alpha value is -2.11. The van der Waals surface area contributed by atoms with E-state index in [2.05, 4.69) is 15.9 Å². The molecule has 0 N–H and O–H groups in total. The fourth-order valence-electron chi connectivity index (χ4n) is 2.64. The Morgan fingerprint density at radius 3 is 2.86 bits per heavy atom. The lowest BCUT2D eigenvalue weighted by molar-refractivity contribution is -0.0159. The second kappa shape index (κ2) is 5.26. The summed E-state index contributed by atoms with van der Waals surface area (Å²) in [5.41, 5.74) is 2.61. The first kappa shape index (κ1) is 13.5. The van der Waals surface area contributed by atoms with Crippen LogP contribution in [0.2, 0.25) is 0 Å². The van der Waals surface area contributed by atoms with Gasteiger partial charge in [-0.15, -0.1) is 0 Å². The van der Waals surface area contributed by atoms with Crippen molar-refractivity contribution < 1.29 is 13.9 Å². The predicted molar refractivity (Wildman–Crippen MR) is 85.9 cm³/mol. The average molecular weight is 359 g/mol. The van der Waals surface area contributed by atoms with Crippen LogP contribution in [0, 0.1) is 0 Å². The maximum absolute atomic E-state index is 12.8. The van der Waals surface area contributed by atoms with Crippen molar-refractivity contribution in [2.24, 2.45) is 0 Å². The van der Waals surface area contributed by atoms with Crippen LogP contribution in [0.1, 0.15) is 5.56 Å². The minimum atomic E-state index is -0.0720. The van der Waals surface area contributed by atoms with E-state index in [-0.39, 0.29) is 12.2 Å². The van der Waals surface area contributed by atoms with Gasteiger partial charge in [-0.05, 0) is 24.3 Å². The van der Waals surface area contributed by atoms with Gasteiger partial charge < -0.3 is 13.9 Å². The summed E-state index contributed by atoms with van der Waals surface area (Å²) >= 11 is 3.47. The molecule has 4 nitrogen and oxygen atoms in total. The van der Waals surface area contributed by atoms with Crippen LogP contribution >= 0.6 is 15.9 Å². The molecular weight excluding hydrogens is 348 g/mol. The molecule has 0 saturated heterocycles. The van der Waals surface area contributed by atoms with Crippen LogP contribution in [0.4, 0.5) is 0 Å². The van der Waals surface area contributed by atoms with Crippen LogP contribution in [0.3, 0.4) is 0 Å². The molecule has 0 radical (unpaired) electrons. The zero-order valence-electron chi connectivity index (χ0n) is 11.5. The Labute approximate surface area is 134 Å². The second-order valence-corrected chi connectivity index (χ2v) is 5.94. The number of benzene rings is 2. The van der Waals surface area contributed by atoms with Gasteiger partial charge in [0.1, 0.15) is 17.6 Å². The van der Waals surface area contributed by atoms with E-state index in [9.17, 15) is 4.79 Å². The van der Waals surface area contributed by atoms with Crippen molar-refractivity contribution >= 4 is 26.9 Å². The molecule has 0 fully saturated rings. The highest BCUT2D eigenvalue weighted by Crippen LogP contribution is 2.37. The number of ether oxygens (including phenoxy) is 2. The number of halogens is 1. The van der Waals surface area contributed by atoms with Crippen molar-refractivity contribution in [2.75, 3.05) is 6.79 Å². The molecule has 0 aliphatic carbocycles. The Morgan fingerprint density at radius 1 is 1.09 bits per heavy atom. The SMILES string of the molecule is O=c1c(-c2cc(Br)cc3c2OCOC3)coc2ccccc12. The summed E-state index contributed by atoms with van der Waals surface area (Å²) in [6.45, 7) is 0.640. The Balaban J connectivity index is 2.02. The van der Waals surface area contributed by atoms with Gasteiger partial charge in [0.25, 0.3) is 0 Å². The molecule has 0 unspecified atom stereocenters. The molecule has 3 aromatic rings. The zero-order chi connectivity index (χ0) is 15.1.